The third-order valence-electron chi connectivity index (χ3n) is 2.70. The van der Waals surface area contributed by atoms with Gasteiger partial charge in [0, 0.05) is 17.0 Å². The molecule has 0 aliphatic rings. The van der Waals surface area contributed by atoms with Crippen molar-refractivity contribution in [3.63, 3.8) is 0 Å². The molecule has 0 atom stereocenters. The maximum atomic E-state index is 13.2. The van der Waals surface area contributed by atoms with E-state index in [4.69, 9.17) is 0 Å². The van der Waals surface area contributed by atoms with Gasteiger partial charge in [-0.25, -0.2) is 9.37 Å². The van der Waals surface area contributed by atoms with Gasteiger partial charge >= 0.3 is 0 Å². The second-order valence-electron chi connectivity index (χ2n) is 5.36. The standard InChI is InChI=1S/C14H14BrFN2O/c1-14(2,3)11-7-12(19)18-13(17-11)8-4-5-10(16)9(15)6-8/h4-7H,1-3H3,(H,17,18,19). The van der Waals surface area contributed by atoms with Gasteiger partial charge in [0.1, 0.15) is 11.6 Å². The Morgan fingerprint density at radius 2 is 1.95 bits per heavy atom. The van der Waals surface area contributed by atoms with Crippen molar-refractivity contribution in [2.45, 2.75) is 26.2 Å². The fourth-order valence-corrected chi connectivity index (χ4v) is 2.00. The molecule has 0 aliphatic heterocycles. The third-order valence-corrected chi connectivity index (χ3v) is 3.31. The van der Waals surface area contributed by atoms with Crippen LogP contribution in [0, 0.1) is 5.82 Å². The molecule has 0 saturated heterocycles. The van der Waals surface area contributed by atoms with Crippen molar-refractivity contribution in [2.24, 2.45) is 0 Å². The Morgan fingerprint density at radius 1 is 1.26 bits per heavy atom. The molecule has 1 aromatic carbocycles. The number of H-pyrrole nitrogens is 1. The van der Waals surface area contributed by atoms with E-state index in [2.05, 4.69) is 25.9 Å². The van der Waals surface area contributed by atoms with Gasteiger partial charge in [-0.05, 0) is 34.1 Å². The van der Waals surface area contributed by atoms with Crippen LogP contribution in [0.4, 0.5) is 4.39 Å². The Bertz CT molecular complexity index is 674. The van der Waals surface area contributed by atoms with Crippen LogP contribution in [0.3, 0.4) is 0 Å². The first-order valence-corrected chi connectivity index (χ1v) is 6.64. The number of nitrogens with one attached hydrogen (secondary N) is 1. The Morgan fingerprint density at radius 3 is 2.53 bits per heavy atom. The average molecular weight is 325 g/mol. The number of aromatic amines is 1. The van der Waals surface area contributed by atoms with Crippen molar-refractivity contribution in [1.82, 2.24) is 9.97 Å². The highest BCUT2D eigenvalue weighted by Gasteiger charge is 2.17. The highest BCUT2D eigenvalue weighted by Crippen LogP contribution is 2.24. The Kier molecular flexibility index (Phi) is 3.58. The lowest BCUT2D eigenvalue weighted by atomic mass is 9.92. The highest BCUT2D eigenvalue weighted by molar-refractivity contribution is 9.10. The van der Waals surface area contributed by atoms with Gasteiger partial charge in [-0.15, -0.1) is 0 Å². The predicted molar refractivity (Wildman–Crippen MR) is 76.7 cm³/mol. The summed E-state index contributed by atoms with van der Waals surface area (Å²) in [6, 6.07) is 6.01. The quantitative estimate of drug-likeness (QED) is 0.870. The first kappa shape index (κ1) is 13.9. The maximum Gasteiger partial charge on any atom is 0.251 e. The zero-order valence-corrected chi connectivity index (χ0v) is 12.5. The van der Waals surface area contributed by atoms with E-state index in [1.807, 2.05) is 20.8 Å². The summed E-state index contributed by atoms with van der Waals surface area (Å²) in [5, 5.41) is 0. The van der Waals surface area contributed by atoms with Crippen molar-refractivity contribution >= 4 is 15.9 Å². The summed E-state index contributed by atoms with van der Waals surface area (Å²) in [6.45, 7) is 5.96. The number of benzene rings is 1. The van der Waals surface area contributed by atoms with Crippen molar-refractivity contribution in [3.05, 3.63) is 50.6 Å². The third kappa shape index (κ3) is 3.10. The molecular formula is C14H14BrFN2O. The lowest BCUT2D eigenvalue weighted by molar-refractivity contribution is 0.566. The minimum Gasteiger partial charge on any atom is -0.307 e. The lowest BCUT2D eigenvalue weighted by Crippen LogP contribution is -2.19. The van der Waals surface area contributed by atoms with Crippen LogP contribution in [0.25, 0.3) is 11.4 Å². The monoisotopic (exact) mass is 324 g/mol. The van der Waals surface area contributed by atoms with Gasteiger partial charge in [-0.3, -0.25) is 4.79 Å². The molecule has 0 radical (unpaired) electrons. The first-order chi connectivity index (χ1) is 8.77. The molecule has 1 aromatic heterocycles. The molecule has 100 valence electrons. The molecule has 5 heteroatoms. The number of hydrogen-bond donors (Lipinski definition) is 1. The van der Waals surface area contributed by atoms with E-state index in [-0.39, 0.29) is 16.8 Å². The molecule has 0 amide bonds. The van der Waals surface area contributed by atoms with Crippen LogP contribution < -0.4 is 5.56 Å². The zero-order chi connectivity index (χ0) is 14.2. The average Bonchev–Trinajstić information content (AvgIpc) is 2.31. The lowest BCUT2D eigenvalue weighted by Gasteiger charge is -2.17. The van der Waals surface area contributed by atoms with Crippen LogP contribution in [0.2, 0.25) is 0 Å². The Balaban J connectivity index is 2.59. The molecule has 0 spiro atoms. The van der Waals surface area contributed by atoms with Crippen molar-refractivity contribution in [3.8, 4) is 11.4 Å². The zero-order valence-electron chi connectivity index (χ0n) is 10.9. The molecular weight excluding hydrogens is 311 g/mol. The second kappa shape index (κ2) is 4.89. The summed E-state index contributed by atoms with van der Waals surface area (Å²) < 4.78 is 13.6. The molecule has 0 fully saturated rings. The van der Waals surface area contributed by atoms with E-state index in [1.165, 1.54) is 12.1 Å². The Hall–Kier alpha value is -1.49. The van der Waals surface area contributed by atoms with Gasteiger partial charge in [0.25, 0.3) is 5.56 Å². The molecule has 0 unspecified atom stereocenters. The van der Waals surface area contributed by atoms with Crippen LogP contribution >= 0.6 is 15.9 Å². The molecule has 3 nitrogen and oxygen atoms in total. The molecule has 19 heavy (non-hydrogen) atoms. The highest BCUT2D eigenvalue weighted by atomic mass is 79.9. The summed E-state index contributed by atoms with van der Waals surface area (Å²) >= 11 is 3.13. The van der Waals surface area contributed by atoms with Gasteiger partial charge in [0.05, 0.1) is 10.2 Å². The SMILES string of the molecule is CC(C)(C)c1cc(=O)[nH]c(-c2ccc(F)c(Br)c2)n1. The van der Waals surface area contributed by atoms with Gasteiger partial charge < -0.3 is 4.98 Å². The largest absolute Gasteiger partial charge is 0.307 e. The number of aromatic nitrogens is 2. The van der Waals surface area contributed by atoms with Crippen LogP contribution in [0.15, 0.2) is 33.5 Å². The maximum absolute atomic E-state index is 13.2. The molecule has 0 aliphatic carbocycles. The van der Waals surface area contributed by atoms with Crippen molar-refractivity contribution in [2.75, 3.05) is 0 Å². The molecule has 2 rings (SSSR count). The van der Waals surface area contributed by atoms with Crippen LogP contribution in [-0.4, -0.2) is 9.97 Å². The van der Waals surface area contributed by atoms with Crippen LogP contribution in [0.5, 0.6) is 0 Å². The molecule has 2 aromatic rings. The van der Waals surface area contributed by atoms with E-state index in [1.54, 1.807) is 12.1 Å². The minimum atomic E-state index is -0.349. The van der Waals surface area contributed by atoms with E-state index in [0.717, 1.165) is 0 Å². The predicted octanol–water partition coefficient (Wildman–Crippen LogP) is 3.64. The molecule has 1 heterocycles. The summed E-state index contributed by atoms with van der Waals surface area (Å²) in [4.78, 5) is 18.8. The molecule has 0 saturated carbocycles. The van der Waals surface area contributed by atoms with Crippen LogP contribution in [0.1, 0.15) is 26.5 Å². The summed E-state index contributed by atoms with van der Waals surface area (Å²) in [5.74, 6) is 0.0937. The fourth-order valence-electron chi connectivity index (χ4n) is 1.62. The number of rotatable bonds is 1. The molecule has 0 bridgehead atoms. The summed E-state index contributed by atoms with van der Waals surface area (Å²) in [6.07, 6.45) is 0. The topological polar surface area (TPSA) is 45.8 Å². The second-order valence-corrected chi connectivity index (χ2v) is 6.21. The van der Waals surface area contributed by atoms with E-state index in [9.17, 15) is 9.18 Å². The number of hydrogen-bond acceptors (Lipinski definition) is 2. The van der Waals surface area contributed by atoms with Crippen molar-refractivity contribution < 1.29 is 4.39 Å². The van der Waals surface area contributed by atoms with Gasteiger partial charge in [0.2, 0.25) is 0 Å². The fraction of sp³-hybridized carbons (Fsp3) is 0.286. The van der Waals surface area contributed by atoms with Gasteiger partial charge in [-0.2, -0.15) is 0 Å². The van der Waals surface area contributed by atoms with Gasteiger partial charge in [-0.1, -0.05) is 20.8 Å². The van der Waals surface area contributed by atoms with E-state index in [0.29, 0.717) is 21.6 Å². The number of nitrogens with zero attached hydrogens (tertiary/aromatic N) is 1. The minimum absolute atomic E-state index is 0.213. The van der Waals surface area contributed by atoms with Gasteiger partial charge in [0.15, 0.2) is 0 Å². The number of halogens is 2. The van der Waals surface area contributed by atoms with E-state index >= 15 is 0 Å². The van der Waals surface area contributed by atoms with Crippen LogP contribution in [-0.2, 0) is 5.41 Å². The summed E-state index contributed by atoms with van der Waals surface area (Å²) in [7, 11) is 0. The smallest absolute Gasteiger partial charge is 0.251 e. The first-order valence-electron chi connectivity index (χ1n) is 5.84. The summed E-state index contributed by atoms with van der Waals surface area (Å²) in [5.41, 5.74) is 0.929. The van der Waals surface area contributed by atoms with Crippen molar-refractivity contribution in [1.29, 1.82) is 0 Å². The Labute approximate surface area is 119 Å². The normalized spacial score (nSPS) is 11.6. The van der Waals surface area contributed by atoms with E-state index < -0.39 is 0 Å². The molecule has 1 N–H and O–H groups in total.